The Balaban J connectivity index is 2.08. The van der Waals surface area contributed by atoms with Gasteiger partial charge in [-0.25, -0.2) is 4.74 Å². The van der Waals surface area contributed by atoms with Crippen LogP contribution >= 0.6 is 0 Å². The summed E-state index contributed by atoms with van der Waals surface area (Å²) < 4.78 is 5.37. The molecule has 3 heteroatoms. The summed E-state index contributed by atoms with van der Waals surface area (Å²) in [6.45, 7) is 4.26. The molecule has 3 nitrogen and oxygen atoms in total. The highest BCUT2D eigenvalue weighted by molar-refractivity contribution is 5.14. The highest BCUT2D eigenvalue weighted by atomic mass is 16.6. The predicted octanol–water partition coefficient (Wildman–Crippen LogP) is -0.404. The summed E-state index contributed by atoms with van der Waals surface area (Å²) in [6, 6.07) is 0. The van der Waals surface area contributed by atoms with Gasteiger partial charge in [-0.2, -0.15) is 0 Å². The van der Waals surface area contributed by atoms with Crippen LogP contribution in [0.1, 0.15) is 0 Å². The molecule has 0 N–H and O–H groups in total. The van der Waals surface area contributed by atoms with E-state index in [-0.39, 0.29) is 6.10 Å². The molecular weight excluding hydrogens is 94.0 g/mol. The monoisotopic (exact) mass is 101 g/mol. The smallest absolute Gasteiger partial charge is 0.181 e. The lowest BCUT2D eigenvalue weighted by atomic mass is 10.5. The topological polar surface area (TPSA) is 38.6 Å². The maximum Gasteiger partial charge on any atom is 0.181 e. The Labute approximate surface area is 41.8 Å². The van der Waals surface area contributed by atoms with Crippen molar-refractivity contribution < 1.29 is 9.48 Å². The molecule has 1 fully saturated rings. The van der Waals surface area contributed by atoms with Crippen LogP contribution in [0.2, 0.25) is 0 Å². The molecule has 1 atom stereocenters. The van der Waals surface area contributed by atoms with Crippen molar-refractivity contribution in [2.75, 3.05) is 13.2 Å². The standard InChI is InChI=1S/C4H7NO2/c1-5(6)2-4-3-7-4/h4H,1-3H2/t4-/m0/s1. The Morgan fingerprint density at radius 1 is 2.00 bits per heavy atom. The van der Waals surface area contributed by atoms with Crippen LogP contribution in [0, 0.1) is 5.21 Å². The van der Waals surface area contributed by atoms with Crippen molar-refractivity contribution in [2.24, 2.45) is 0 Å². The first-order chi connectivity index (χ1) is 3.29. The molecule has 0 spiro atoms. The fourth-order valence-electron chi connectivity index (χ4n) is 0.401. The van der Waals surface area contributed by atoms with E-state index in [9.17, 15) is 5.21 Å². The Kier molecular flexibility index (Phi) is 0.982. The van der Waals surface area contributed by atoms with Crippen molar-refractivity contribution in [3.8, 4) is 0 Å². The van der Waals surface area contributed by atoms with Crippen molar-refractivity contribution >= 4 is 6.72 Å². The van der Waals surface area contributed by atoms with Gasteiger partial charge in [0, 0.05) is 0 Å². The zero-order chi connectivity index (χ0) is 5.28. The molecule has 40 valence electrons. The molecule has 0 aliphatic carbocycles. The molecule has 0 bridgehead atoms. The van der Waals surface area contributed by atoms with E-state index in [1.54, 1.807) is 0 Å². The Morgan fingerprint density at radius 2 is 2.57 bits per heavy atom. The molecule has 7 heavy (non-hydrogen) atoms. The van der Waals surface area contributed by atoms with Gasteiger partial charge >= 0.3 is 0 Å². The lowest BCUT2D eigenvalue weighted by Crippen LogP contribution is -2.07. The molecule has 0 saturated carbocycles. The van der Waals surface area contributed by atoms with E-state index in [1.807, 2.05) is 0 Å². The van der Waals surface area contributed by atoms with Gasteiger partial charge in [0.05, 0.1) is 6.61 Å². The number of hydrogen-bond donors (Lipinski definition) is 0. The highest BCUT2D eigenvalue weighted by Gasteiger charge is 2.25. The summed E-state index contributed by atoms with van der Waals surface area (Å²) in [6.07, 6.45) is 0.176. The fourth-order valence-corrected chi connectivity index (χ4v) is 0.401. The minimum atomic E-state index is 0.176. The second-order valence-corrected chi connectivity index (χ2v) is 1.62. The third-order valence-electron chi connectivity index (χ3n) is 0.810. The molecule has 0 radical (unpaired) electrons. The molecule has 1 heterocycles. The van der Waals surface area contributed by atoms with E-state index in [0.29, 0.717) is 11.3 Å². The highest BCUT2D eigenvalue weighted by Crippen LogP contribution is 2.06. The normalized spacial score (nSPS) is 27.1. The first-order valence-electron chi connectivity index (χ1n) is 2.16. The second kappa shape index (κ2) is 1.50. The van der Waals surface area contributed by atoms with Gasteiger partial charge in [0.15, 0.2) is 6.54 Å². The minimum absolute atomic E-state index is 0.176. The van der Waals surface area contributed by atoms with E-state index < -0.39 is 0 Å². The van der Waals surface area contributed by atoms with E-state index >= 15 is 0 Å². The zero-order valence-electron chi connectivity index (χ0n) is 3.96. The summed E-state index contributed by atoms with van der Waals surface area (Å²) in [5, 5.41) is 10.0. The number of rotatable bonds is 2. The van der Waals surface area contributed by atoms with Crippen LogP contribution in [0.3, 0.4) is 0 Å². The number of ether oxygens (including phenoxy) is 1. The largest absolute Gasteiger partial charge is 0.624 e. The number of nitrogens with zero attached hydrogens (tertiary/aromatic N) is 1. The van der Waals surface area contributed by atoms with Crippen LogP contribution < -0.4 is 0 Å². The lowest BCUT2D eigenvalue weighted by molar-refractivity contribution is -0.450. The van der Waals surface area contributed by atoms with Crippen LogP contribution in [0.25, 0.3) is 0 Å². The van der Waals surface area contributed by atoms with Gasteiger partial charge in [0.2, 0.25) is 0 Å². The van der Waals surface area contributed by atoms with Gasteiger partial charge in [-0.05, 0) is 0 Å². The molecule has 1 saturated heterocycles. The van der Waals surface area contributed by atoms with Gasteiger partial charge in [0.1, 0.15) is 12.8 Å². The first kappa shape index (κ1) is 4.59. The summed E-state index contributed by atoms with van der Waals surface area (Å²) >= 11 is 0. The third-order valence-corrected chi connectivity index (χ3v) is 0.810. The van der Waals surface area contributed by atoms with Gasteiger partial charge < -0.3 is 9.94 Å². The van der Waals surface area contributed by atoms with E-state index in [1.165, 1.54) is 0 Å². The first-order valence-corrected chi connectivity index (χ1v) is 2.16. The maximum absolute atomic E-state index is 10.0. The van der Waals surface area contributed by atoms with Crippen LogP contribution in [0.5, 0.6) is 0 Å². The third kappa shape index (κ3) is 1.55. The SMILES string of the molecule is C=[N+]([O-])C[C@H]1CO1. The molecule has 1 aliphatic rings. The summed E-state index contributed by atoms with van der Waals surface area (Å²) in [5.74, 6) is 0. The van der Waals surface area contributed by atoms with Crippen molar-refractivity contribution in [3.05, 3.63) is 5.21 Å². The minimum Gasteiger partial charge on any atom is -0.624 e. The van der Waals surface area contributed by atoms with E-state index in [4.69, 9.17) is 4.74 Å². The molecule has 0 aromatic rings. The average molecular weight is 101 g/mol. The molecule has 1 rings (SSSR count). The van der Waals surface area contributed by atoms with Crippen LogP contribution in [0.4, 0.5) is 0 Å². The zero-order valence-corrected chi connectivity index (χ0v) is 3.96. The van der Waals surface area contributed by atoms with Crippen LogP contribution in [-0.4, -0.2) is 30.7 Å². The molecule has 0 aromatic heterocycles. The van der Waals surface area contributed by atoms with Crippen LogP contribution in [0.15, 0.2) is 0 Å². The maximum atomic E-state index is 10.0. The number of hydrogen-bond acceptors (Lipinski definition) is 2. The van der Waals surface area contributed by atoms with Gasteiger partial charge in [-0.3, -0.25) is 0 Å². The lowest BCUT2D eigenvalue weighted by Gasteiger charge is -1.94. The molecule has 0 amide bonds. The van der Waals surface area contributed by atoms with Crippen LogP contribution in [-0.2, 0) is 4.74 Å². The number of hydroxylamine groups is 1. The molecule has 0 aromatic carbocycles. The molecule has 1 aliphatic heterocycles. The predicted molar refractivity (Wildman–Crippen MR) is 25.4 cm³/mol. The Hall–Kier alpha value is -0.570. The van der Waals surface area contributed by atoms with Gasteiger partial charge in [-0.15, -0.1) is 0 Å². The van der Waals surface area contributed by atoms with Gasteiger partial charge in [0.25, 0.3) is 0 Å². The summed E-state index contributed by atoms with van der Waals surface area (Å²) in [4.78, 5) is 0. The number of epoxide rings is 1. The fraction of sp³-hybridized carbons (Fsp3) is 0.750. The van der Waals surface area contributed by atoms with E-state index in [2.05, 4.69) is 6.72 Å². The Morgan fingerprint density at radius 3 is 2.71 bits per heavy atom. The van der Waals surface area contributed by atoms with E-state index in [0.717, 1.165) is 6.61 Å². The quantitative estimate of drug-likeness (QED) is 0.156. The van der Waals surface area contributed by atoms with Gasteiger partial charge in [-0.1, -0.05) is 0 Å². The molecular formula is C4H7NO2. The average Bonchev–Trinajstić information content (AvgIpc) is 2.17. The van der Waals surface area contributed by atoms with Crippen molar-refractivity contribution in [3.63, 3.8) is 0 Å². The molecule has 0 unspecified atom stereocenters. The Bertz CT molecular complexity index is 87.7. The second-order valence-electron chi connectivity index (χ2n) is 1.62. The summed E-state index contributed by atoms with van der Waals surface area (Å²) in [7, 11) is 0. The van der Waals surface area contributed by atoms with Crippen molar-refractivity contribution in [1.82, 2.24) is 0 Å². The van der Waals surface area contributed by atoms with Crippen molar-refractivity contribution in [2.45, 2.75) is 6.10 Å². The van der Waals surface area contributed by atoms with Crippen molar-refractivity contribution in [1.29, 1.82) is 0 Å². The summed E-state index contributed by atoms with van der Waals surface area (Å²) in [5.41, 5.74) is 0.